The van der Waals surface area contributed by atoms with Gasteiger partial charge in [-0.15, -0.1) is 0 Å². The number of rotatable bonds is 3. The number of aromatic nitrogens is 1. The highest BCUT2D eigenvalue weighted by Gasteiger charge is 2.26. The van der Waals surface area contributed by atoms with E-state index in [4.69, 9.17) is 0 Å². The molecule has 4 rings (SSSR count). The number of aromatic amines is 1. The number of para-hydroxylation sites is 1. The molecular formula is C22H26FN3O3S. The molecule has 6 nitrogen and oxygen atoms in total. The Morgan fingerprint density at radius 2 is 1.87 bits per heavy atom. The van der Waals surface area contributed by atoms with E-state index in [-0.39, 0.29) is 17.9 Å². The topological polar surface area (TPSA) is 91.1 Å². The average molecular weight is 432 g/mol. The molecule has 0 aliphatic carbocycles. The van der Waals surface area contributed by atoms with Gasteiger partial charge in [-0.05, 0) is 44.4 Å². The lowest BCUT2D eigenvalue weighted by Gasteiger charge is -2.22. The van der Waals surface area contributed by atoms with Gasteiger partial charge in [0.15, 0.2) is 0 Å². The SMILES string of the molecule is CF.Cc1[nH]c(/C=C2\C(=O)Nc3ccccc32)c(C)c1C(=O)NC1CCS(=O)CC1. The summed E-state index contributed by atoms with van der Waals surface area (Å²) in [4.78, 5) is 28.5. The van der Waals surface area contributed by atoms with E-state index in [1.807, 2.05) is 44.2 Å². The second kappa shape index (κ2) is 9.38. The summed E-state index contributed by atoms with van der Waals surface area (Å²) in [5.41, 5.74) is 5.21. The van der Waals surface area contributed by atoms with Crippen LogP contribution in [0.3, 0.4) is 0 Å². The Kier molecular flexibility index (Phi) is 6.87. The predicted molar refractivity (Wildman–Crippen MR) is 119 cm³/mol. The zero-order valence-electron chi connectivity index (χ0n) is 17.3. The van der Waals surface area contributed by atoms with Crippen molar-refractivity contribution in [3.8, 4) is 0 Å². The zero-order valence-corrected chi connectivity index (χ0v) is 18.1. The normalized spacial score (nSPS) is 21.5. The van der Waals surface area contributed by atoms with Crippen LogP contribution < -0.4 is 10.6 Å². The molecule has 1 saturated heterocycles. The standard InChI is InChI=1S/C21H23N3O3S.CH3F/c1-12-18(11-16-15-5-3-4-6-17(15)24-20(16)25)22-13(2)19(12)21(26)23-14-7-9-28(27)10-8-14;1-2/h3-6,11,14,22H,7-10H2,1-2H3,(H,23,26)(H,24,25);1H3/b16-11-;. The van der Waals surface area contributed by atoms with E-state index in [1.165, 1.54) is 0 Å². The fourth-order valence-corrected chi connectivity index (χ4v) is 5.18. The third-order valence-corrected chi connectivity index (χ3v) is 6.81. The summed E-state index contributed by atoms with van der Waals surface area (Å²) in [6.45, 7) is 3.75. The highest BCUT2D eigenvalue weighted by Crippen LogP contribution is 2.33. The Hall–Kier alpha value is -2.74. The van der Waals surface area contributed by atoms with Crippen LogP contribution in [0.15, 0.2) is 24.3 Å². The van der Waals surface area contributed by atoms with E-state index >= 15 is 0 Å². The van der Waals surface area contributed by atoms with Gasteiger partial charge < -0.3 is 15.6 Å². The van der Waals surface area contributed by atoms with Crippen molar-refractivity contribution in [1.29, 1.82) is 0 Å². The largest absolute Gasteiger partial charge is 0.358 e. The number of alkyl halides is 1. The molecule has 2 amide bonds. The maximum atomic E-state index is 12.8. The number of fused-ring (bicyclic) bond motifs is 1. The Balaban J connectivity index is 0.00000124. The van der Waals surface area contributed by atoms with Gasteiger partial charge in [0, 0.05) is 51.0 Å². The molecule has 160 valence electrons. The minimum absolute atomic E-state index is 0.0631. The van der Waals surface area contributed by atoms with E-state index in [9.17, 15) is 18.2 Å². The van der Waals surface area contributed by atoms with Crippen molar-refractivity contribution in [2.75, 3.05) is 24.0 Å². The van der Waals surface area contributed by atoms with Crippen LogP contribution in [0.5, 0.6) is 0 Å². The van der Waals surface area contributed by atoms with E-state index < -0.39 is 10.8 Å². The first-order chi connectivity index (χ1) is 14.4. The van der Waals surface area contributed by atoms with Crippen LogP contribution in [0.1, 0.15) is 45.7 Å². The number of aryl methyl sites for hydroxylation is 1. The number of nitrogens with one attached hydrogen (secondary N) is 3. The van der Waals surface area contributed by atoms with Crippen LogP contribution in [0.2, 0.25) is 0 Å². The lowest BCUT2D eigenvalue weighted by molar-refractivity contribution is -0.110. The first-order valence-electron chi connectivity index (χ1n) is 9.79. The quantitative estimate of drug-likeness (QED) is 0.651. The fraction of sp³-hybridized carbons (Fsp3) is 0.364. The average Bonchev–Trinajstić information content (AvgIpc) is 3.21. The molecule has 0 radical (unpaired) electrons. The number of H-pyrrole nitrogens is 1. The van der Waals surface area contributed by atoms with Gasteiger partial charge in [-0.2, -0.15) is 0 Å². The molecule has 1 fully saturated rings. The van der Waals surface area contributed by atoms with Crippen molar-refractivity contribution in [1.82, 2.24) is 10.3 Å². The summed E-state index contributed by atoms with van der Waals surface area (Å²) < 4.78 is 21.0. The van der Waals surface area contributed by atoms with Gasteiger partial charge in [0.1, 0.15) is 0 Å². The molecule has 2 aliphatic rings. The molecule has 30 heavy (non-hydrogen) atoms. The number of benzene rings is 1. The molecule has 2 aromatic rings. The first kappa shape index (κ1) is 22.0. The van der Waals surface area contributed by atoms with Crippen LogP contribution in [-0.4, -0.2) is 45.7 Å². The van der Waals surface area contributed by atoms with Crippen LogP contribution in [0, 0.1) is 13.8 Å². The fourth-order valence-electron chi connectivity index (χ4n) is 3.88. The summed E-state index contributed by atoms with van der Waals surface area (Å²) in [7, 11) is -0.253. The molecule has 2 aliphatic heterocycles. The second-order valence-corrected chi connectivity index (χ2v) is 9.01. The van der Waals surface area contributed by atoms with Gasteiger partial charge in [-0.1, -0.05) is 18.2 Å². The zero-order chi connectivity index (χ0) is 21.8. The van der Waals surface area contributed by atoms with Crippen molar-refractivity contribution < 1.29 is 18.2 Å². The van der Waals surface area contributed by atoms with Gasteiger partial charge in [-0.3, -0.25) is 18.2 Å². The van der Waals surface area contributed by atoms with Crippen LogP contribution in [0.25, 0.3) is 11.6 Å². The number of carbonyl (C=O) groups is 2. The van der Waals surface area contributed by atoms with Gasteiger partial charge in [-0.25, -0.2) is 0 Å². The monoisotopic (exact) mass is 431 g/mol. The summed E-state index contributed by atoms with van der Waals surface area (Å²) in [5.74, 6) is 1.02. The smallest absolute Gasteiger partial charge is 0.256 e. The molecule has 8 heteroatoms. The van der Waals surface area contributed by atoms with Gasteiger partial charge in [0.2, 0.25) is 0 Å². The lowest BCUT2D eigenvalue weighted by atomic mass is 10.0. The molecule has 3 heterocycles. The van der Waals surface area contributed by atoms with E-state index in [2.05, 4.69) is 15.6 Å². The molecule has 1 aromatic carbocycles. The molecule has 1 aromatic heterocycles. The highest BCUT2D eigenvalue weighted by molar-refractivity contribution is 7.85. The number of hydrogen-bond acceptors (Lipinski definition) is 3. The Labute approximate surface area is 177 Å². The number of amides is 2. The summed E-state index contributed by atoms with van der Waals surface area (Å²) in [6.07, 6.45) is 3.30. The van der Waals surface area contributed by atoms with Crippen LogP contribution >= 0.6 is 0 Å². The third kappa shape index (κ3) is 4.38. The number of anilines is 1. The lowest BCUT2D eigenvalue weighted by Crippen LogP contribution is -2.39. The number of hydrogen-bond donors (Lipinski definition) is 3. The Morgan fingerprint density at radius 1 is 1.20 bits per heavy atom. The van der Waals surface area contributed by atoms with Crippen molar-refractivity contribution in [3.05, 3.63) is 52.3 Å². The molecule has 0 unspecified atom stereocenters. The first-order valence-corrected chi connectivity index (χ1v) is 11.3. The van der Waals surface area contributed by atoms with E-state index in [1.54, 1.807) is 0 Å². The molecular weight excluding hydrogens is 405 g/mol. The summed E-state index contributed by atoms with van der Waals surface area (Å²) in [5, 5.41) is 5.94. The van der Waals surface area contributed by atoms with Crippen molar-refractivity contribution in [3.63, 3.8) is 0 Å². The maximum Gasteiger partial charge on any atom is 0.256 e. The Morgan fingerprint density at radius 3 is 2.57 bits per heavy atom. The Bertz CT molecular complexity index is 1020. The van der Waals surface area contributed by atoms with E-state index in [0.29, 0.717) is 29.8 Å². The highest BCUT2D eigenvalue weighted by atomic mass is 32.2. The molecule has 0 spiro atoms. The van der Waals surface area contributed by atoms with E-state index in [0.717, 1.165) is 41.0 Å². The van der Waals surface area contributed by atoms with Crippen molar-refractivity contribution in [2.24, 2.45) is 0 Å². The molecule has 0 atom stereocenters. The molecule has 3 N–H and O–H groups in total. The van der Waals surface area contributed by atoms with Crippen LogP contribution in [-0.2, 0) is 15.6 Å². The number of carbonyl (C=O) groups excluding carboxylic acids is 2. The maximum absolute atomic E-state index is 12.8. The summed E-state index contributed by atoms with van der Waals surface area (Å²) >= 11 is 0. The molecule has 0 bridgehead atoms. The van der Waals surface area contributed by atoms with Crippen LogP contribution in [0.4, 0.5) is 10.1 Å². The van der Waals surface area contributed by atoms with Crippen molar-refractivity contribution in [2.45, 2.75) is 32.7 Å². The number of halogens is 1. The third-order valence-electron chi connectivity index (χ3n) is 5.43. The van der Waals surface area contributed by atoms with Gasteiger partial charge >= 0.3 is 0 Å². The van der Waals surface area contributed by atoms with Crippen molar-refractivity contribution >= 4 is 40.0 Å². The molecule has 0 saturated carbocycles. The second-order valence-electron chi connectivity index (χ2n) is 7.32. The predicted octanol–water partition coefficient (Wildman–Crippen LogP) is 3.35. The summed E-state index contributed by atoms with van der Waals surface area (Å²) in [6, 6.07) is 7.63. The minimum Gasteiger partial charge on any atom is -0.358 e. The van der Waals surface area contributed by atoms with Gasteiger partial charge in [0.05, 0.1) is 18.3 Å². The minimum atomic E-state index is -0.753. The van der Waals surface area contributed by atoms with Gasteiger partial charge in [0.25, 0.3) is 11.8 Å².